The van der Waals surface area contributed by atoms with E-state index in [1.807, 2.05) is 6.07 Å². The number of carbonyl (C=O) groups is 1. The minimum absolute atomic E-state index is 0. The van der Waals surface area contributed by atoms with Crippen LogP contribution in [-0.4, -0.2) is 61.8 Å². The van der Waals surface area contributed by atoms with Crippen molar-refractivity contribution < 1.29 is 26.7 Å². The van der Waals surface area contributed by atoms with Gasteiger partial charge in [0.05, 0.1) is 6.54 Å². The van der Waals surface area contributed by atoms with Crippen molar-refractivity contribution in [2.24, 2.45) is 0 Å². The molecule has 7 heteroatoms. The van der Waals surface area contributed by atoms with Gasteiger partial charge in [0.25, 0.3) is 0 Å². The summed E-state index contributed by atoms with van der Waals surface area (Å²) >= 11 is 0. The lowest BCUT2D eigenvalue weighted by Crippen LogP contribution is -3.00. The zero-order chi connectivity index (χ0) is 16.1. The molecule has 0 radical (unpaired) electrons. The number of amides is 1. The Morgan fingerprint density at radius 3 is 2.62 bits per heavy atom. The van der Waals surface area contributed by atoms with E-state index in [0.717, 1.165) is 44.2 Å². The number of piperazine rings is 1. The van der Waals surface area contributed by atoms with Crippen LogP contribution in [0, 0.1) is 0 Å². The highest BCUT2D eigenvalue weighted by Gasteiger charge is 2.20. The first-order chi connectivity index (χ1) is 11.2. The van der Waals surface area contributed by atoms with Crippen molar-refractivity contribution in [3.05, 3.63) is 36.4 Å². The van der Waals surface area contributed by atoms with Crippen molar-refractivity contribution in [2.75, 3.05) is 46.1 Å². The van der Waals surface area contributed by atoms with E-state index in [9.17, 15) is 4.79 Å². The third-order valence-corrected chi connectivity index (χ3v) is 4.12. The van der Waals surface area contributed by atoms with Crippen molar-refractivity contribution in [1.82, 2.24) is 15.1 Å². The Labute approximate surface area is 148 Å². The summed E-state index contributed by atoms with van der Waals surface area (Å²) in [6.07, 6.45) is 1.70. The molecule has 6 nitrogen and oxygen atoms in total. The number of carbonyl (C=O) groups excluding carboxylic acids is 1. The van der Waals surface area contributed by atoms with Gasteiger partial charge in [-0.1, -0.05) is 12.1 Å². The lowest BCUT2D eigenvalue weighted by atomic mass is 10.1. The number of hydrogen-bond acceptors (Lipinski definition) is 5. The van der Waals surface area contributed by atoms with Crippen LogP contribution in [0.5, 0.6) is 11.5 Å². The van der Waals surface area contributed by atoms with Gasteiger partial charge in [-0.25, -0.2) is 0 Å². The van der Waals surface area contributed by atoms with Gasteiger partial charge in [-0.2, -0.15) is 0 Å². The molecule has 0 bridgehead atoms. The van der Waals surface area contributed by atoms with Crippen molar-refractivity contribution in [1.29, 1.82) is 0 Å². The number of ether oxygens (including phenoxy) is 2. The van der Waals surface area contributed by atoms with Crippen molar-refractivity contribution in [3.8, 4) is 11.5 Å². The average molecular weight is 353 g/mol. The molecule has 24 heavy (non-hydrogen) atoms. The summed E-state index contributed by atoms with van der Waals surface area (Å²) in [7, 11) is 0. The van der Waals surface area contributed by atoms with Gasteiger partial charge in [-0.05, 0) is 17.7 Å². The first-order valence-corrected chi connectivity index (χ1v) is 7.95. The van der Waals surface area contributed by atoms with Crippen molar-refractivity contribution in [2.45, 2.75) is 6.54 Å². The number of rotatable bonds is 6. The van der Waals surface area contributed by atoms with Crippen LogP contribution in [0.25, 0.3) is 0 Å². The molecule has 2 aliphatic rings. The normalized spacial score (nSPS) is 17.2. The summed E-state index contributed by atoms with van der Waals surface area (Å²) in [5.74, 6) is 1.72. The number of benzene rings is 1. The third kappa shape index (κ3) is 4.87. The molecule has 1 aromatic carbocycles. The Hall–Kier alpha value is -1.76. The Morgan fingerprint density at radius 1 is 1.17 bits per heavy atom. The molecule has 1 fully saturated rings. The van der Waals surface area contributed by atoms with Gasteiger partial charge >= 0.3 is 0 Å². The summed E-state index contributed by atoms with van der Waals surface area (Å²) in [5.41, 5.74) is 1.23. The van der Waals surface area contributed by atoms with Crippen LogP contribution >= 0.6 is 0 Å². The van der Waals surface area contributed by atoms with Crippen LogP contribution in [0.15, 0.2) is 30.9 Å². The molecule has 0 spiro atoms. The number of nitrogens with zero attached hydrogens (tertiary/aromatic N) is 2. The first kappa shape index (κ1) is 18.6. The predicted octanol–water partition coefficient (Wildman–Crippen LogP) is -2.16. The maximum absolute atomic E-state index is 11.7. The molecule has 1 N–H and O–H groups in total. The molecule has 0 aliphatic carbocycles. The summed E-state index contributed by atoms with van der Waals surface area (Å²) < 4.78 is 10.8. The van der Waals surface area contributed by atoms with Crippen LogP contribution in [0.4, 0.5) is 0 Å². The van der Waals surface area contributed by atoms with E-state index in [2.05, 4.69) is 33.8 Å². The lowest BCUT2D eigenvalue weighted by Gasteiger charge is -2.34. The maximum Gasteiger partial charge on any atom is 0.234 e. The number of nitrogens with one attached hydrogen (secondary N) is 1. The van der Waals surface area contributed by atoms with Gasteiger partial charge in [-0.3, -0.25) is 14.6 Å². The van der Waals surface area contributed by atoms with Gasteiger partial charge in [0, 0.05) is 39.3 Å². The third-order valence-electron chi connectivity index (χ3n) is 4.12. The molecule has 0 saturated carbocycles. The zero-order valence-electron chi connectivity index (χ0n) is 13.7. The molecular formula is C17H23ClN3O3-. The van der Waals surface area contributed by atoms with E-state index < -0.39 is 0 Å². The fraction of sp³-hybridized carbons (Fsp3) is 0.471. The smallest absolute Gasteiger partial charge is 0.234 e. The molecule has 1 amide bonds. The van der Waals surface area contributed by atoms with Crippen molar-refractivity contribution in [3.63, 3.8) is 0 Å². The minimum atomic E-state index is 0. The molecule has 1 saturated heterocycles. The van der Waals surface area contributed by atoms with E-state index >= 15 is 0 Å². The second kappa shape index (κ2) is 8.92. The number of hydrogen-bond donors (Lipinski definition) is 1. The molecule has 2 aliphatic heterocycles. The summed E-state index contributed by atoms with van der Waals surface area (Å²) in [6.45, 7) is 9.54. The van der Waals surface area contributed by atoms with Gasteiger partial charge in [0.1, 0.15) is 0 Å². The SMILES string of the molecule is C=CCNC(=O)CN1CCN(Cc2ccc3c(c2)OCO3)CC1.[Cl-]. The second-order valence-corrected chi connectivity index (χ2v) is 5.83. The topological polar surface area (TPSA) is 54.0 Å². The van der Waals surface area contributed by atoms with Crippen LogP contribution in [0.2, 0.25) is 0 Å². The van der Waals surface area contributed by atoms with Crippen LogP contribution in [-0.2, 0) is 11.3 Å². The molecular weight excluding hydrogens is 330 g/mol. The first-order valence-electron chi connectivity index (χ1n) is 7.95. The van der Waals surface area contributed by atoms with E-state index in [1.165, 1.54) is 5.56 Å². The number of fused-ring (bicyclic) bond motifs is 1. The monoisotopic (exact) mass is 352 g/mol. The minimum Gasteiger partial charge on any atom is -1.00 e. The van der Waals surface area contributed by atoms with E-state index in [0.29, 0.717) is 19.9 Å². The average Bonchev–Trinajstić information content (AvgIpc) is 3.02. The molecule has 0 atom stereocenters. The highest BCUT2D eigenvalue weighted by atomic mass is 35.5. The zero-order valence-corrected chi connectivity index (χ0v) is 14.4. The van der Waals surface area contributed by atoms with Crippen LogP contribution in [0.1, 0.15) is 5.56 Å². The Morgan fingerprint density at radius 2 is 1.88 bits per heavy atom. The Bertz CT molecular complexity index is 574. The fourth-order valence-electron chi connectivity index (χ4n) is 2.85. The van der Waals surface area contributed by atoms with E-state index in [1.54, 1.807) is 6.08 Å². The van der Waals surface area contributed by atoms with Gasteiger partial charge < -0.3 is 27.2 Å². The number of halogens is 1. The van der Waals surface area contributed by atoms with E-state index in [4.69, 9.17) is 9.47 Å². The molecule has 2 heterocycles. The van der Waals surface area contributed by atoms with Crippen molar-refractivity contribution >= 4 is 5.91 Å². The second-order valence-electron chi connectivity index (χ2n) is 5.83. The van der Waals surface area contributed by atoms with Gasteiger partial charge in [0.15, 0.2) is 11.5 Å². The standard InChI is InChI=1S/C17H23N3O3.ClH/c1-2-5-18-17(21)12-20-8-6-19(7-9-20)11-14-3-4-15-16(10-14)23-13-22-15;/h2-4,10H,1,5-9,11-13H2,(H,18,21);1H/p-1. The largest absolute Gasteiger partial charge is 1.00 e. The fourth-order valence-corrected chi connectivity index (χ4v) is 2.85. The molecule has 0 aromatic heterocycles. The van der Waals surface area contributed by atoms with Gasteiger partial charge in [-0.15, -0.1) is 6.58 Å². The molecule has 132 valence electrons. The molecule has 1 aromatic rings. The van der Waals surface area contributed by atoms with E-state index in [-0.39, 0.29) is 18.3 Å². The quantitative estimate of drug-likeness (QED) is 0.591. The predicted molar refractivity (Wildman–Crippen MR) is 87.5 cm³/mol. The van der Waals surface area contributed by atoms with Crippen LogP contribution < -0.4 is 27.2 Å². The van der Waals surface area contributed by atoms with Gasteiger partial charge in [0.2, 0.25) is 12.7 Å². The highest BCUT2D eigenvalue weighted by Crippen LogP contribution is 2.32. The summed E-state index contributed by atoms with van der Waals surface area (Å²) in [4.78, 5) is 16.3. The Kier molecular flexibility index (Phi) is 6.90. The summed E-state index contributed by atoms with van der Waals surface area (Å²) in [5, 5.41) is 2.82. The highest BCUT2D eigenvalue weighted by molar-refractivity contribution is 5.78. The maximum atomic E-state index is 11.7. The summed E-state index contributed by atoms with van der Waals surface area (Å²) in [6, 6.07) is 6.11. The Balaban J connectivity index is 0.00000208. The molecule has 3 rings (SSSR count). The van der Waals surface area contributed by atoms with Crippen LogP contribution in [0.3, 0.4) is 0 Å². The lowest BCUT2D eigenvalue weighted by molar-refractivity contribution is -0.122. The molecule has 0 unspecified atom stereocenters.